The second-order valence-electron chi connectivity index (χ2n) is 2.66. The van der Waals surface area contributed by atoms with Gasteiger partial charge >= 0.3 is 0 Å². The van der Waals surface area contributed by atoms with Crippen molar-refractivity contribution < 1.29 is 4.79 Å². The molecule has 0 unspecified atom stereocenters. The maximum atomic E-state index is 10.5. The van der Waals surface area contributed by atoms with Crippen LogP contribution in [0.25, 0.3) is 0 Å². The van der Waals surface area contributed by atoms with Gasteiger partial charge in [-0.15, -0.1) is 0 Å². The van der Waals surface area contributed by atoms with Gasteiger partial charge in [0.2, 0.25) is 0 Å². The van der Waals surface area contributed by atoms with Gasteiger partial charge in [-0.1, -0.05) is 30.3 Å². The molecule has 0 aliphatic heterocycles. The van der Waals surface area contributed by atoms with Crippen LogP contribution < -0.4 is 5.73 Å². The highest BCUT2D eigenvalue weighted by atomic mass is 16.1. The maximum Gasteiger partial charge on any atom is 0.159 e. The average Bonchev–Trinajstić information content (AvgIpc) is 2.06. The van der Waals surface area contributed by atoms with E-state index in [-0.39, 0.29) is 0 Å². The van der Waals surface area contributed by atoms with E-state index in [0.717, 1.165) is 5.56 Å². The van der Waals surface area contributed by atoms with Crippen molar-refractivity contribution in [2.45, 2.75) is 12.5 Å². The molecule has 61 valence electrons. The average molecular weight is 160 g/mol. The molecule has 2 heteroatoms. The van der Waals surface area contributed by atoms with Crippen LogP contribution in [0.2, 0.25) is 0 Å². The number of hydrogen-bond donors (Lipinski definition) is 1. The summed E-state index contributed by atoms with van der Waals surface area (Å²) in [6, 6.07) is 8.77. The first kappa shape index (κ1) is 8.94. The highest BCUT2D eigenvalue weighted by molar-refractivity contribution is 5.87. The molecule has 2 nitrogen and oxygen atoms in total. The van der Waals surface area contributed by atoms with E-state index in [4.69, 9.17) is 12.7 Å². The van der Waals surface area contributed by atoms with Gasteiger partial charge in [0.1, 0.15) is 0 Å². The Bertz CT molecular complexity index is 256. The van der Waals surface area contributed by atoms with Gasteiger partial charge in [-0.2, -0.15) is 0 Å². The second-order valence-corrected chi connectivity index (χ2v) is 2.66. The van der Waals surface area contributed by atoms with E-state index in [1.54, 1.807) is 0 Å². The lowest BCUT2D eigenvalue weighted by molar-refractivity contribution is -0.116. The molecular weight excluding hydrogens is 150 g/mol. The van der Waals surface area contributed by atoms with Crippen molar-refractivity contribution in [3.63, 3.8) is 0 Å². The normalized spacial score (nSPS) is 12.5. The minimum atomic E-state index is -0.709. The van der Waals surface area contributed by atoms with Crippen LogP contribution in [0.5, 0.6) is 0 Å². The van der Waals surface area contributed by atoms with E-state index in [0.29, 0.717) is 6.42 Å². The molecule has 0 amide bonds. The van der Waals surface area contributed by atoms with Crippen LogP contribution >= 0.6 is 0 Å². The summed E-state index contributed by atoms with van der Waals surface area (Å²) in [5, 5.41) is 0. The predicted molar refractivity (Wildman–Crippen MR) is 46.4 cm³/mol. The molecule has 1 aromatic carbocycles. The third kappa shape index (κ3) is 2.47. The lowest BCUT2D eigenvalue weighted by Crippen LogP contribution is -2.30. The number of carbonyl (C=O) groups excluding carboxylic acids is 1. The van der Waals surface area contributed by atoms with Crippen molar-refractivity contribution in [1.82, 2.24) is 0 Å². The summed E-state index contributed by atoms with van der Waals surface area (Å²) < 4.78 is 0. The molecule has 1 atom stereocenters. The Morgan fingerprint density at radius 3 is 2.50 bits per heavy atom. The summed E-state index contributed by atoms with van der Waals surface area (Å²) >= 11 is 0. The van der Waals surface area contributed by atoms with Gasteiger partial charge < -0.3 is 5.73 Å². The van der Waals surface area contributed by atoms with Crippen LogP contribution in [0.1, 0.15) is 5.56 Å². The number of carbonyl (C=O) groups is 1. The first-order valence-electron chi connectivity index (χ1n) is 3.75. The molecule has 0 spiro atoms. The minimum Gasteiger partial charge on any atom is -0.321 e. The molecule has 0 fully saturated rings. The highest BCUT2D eigenvalue weighted by Gasteiger charge is 2.08. The Morgan fingerprint density at radius 1 is 1.42 bits per heavy atom. The fraction of sp³-hybridized carbons (Fsp3) is 0.200. The number of ketones is 1. The largest absolute Gasteiger partial charge is 0.321 e. The zero-order valence-corrected chi connectivity index (χ0v) is 6.66. The molecule has 0 aromatic heterocycles. The molecule has 0 saturated heterocycles. The van der Waals surface area contributed by atoms with Crippen LogP contribution in [0, 0.1) is 6.92 Å². The van der Waals surface area contributed by atoms with Gasteiger partial charge in [0, 0.05) is 0 Å². The van der Waals surface area contributed by atoms with E-state index < -0.39 is 11.8 Å². The van der Waals surface area contributed by atoms with Crippen molar-refractivity contribution in [2.24, 2.45) is 5.73 Å². The molecule has 1 rings (SSSR count). The number of rotatable bonds is 3. The van der Waals surface area contributed by atoms with E-state index in [2.05, 4.69) is 0 Å². The predicted octanol–water partition coefficient (Wildman–Crippen LogP) is 0.714. The molecular formula is C10H10NO. The molecule has 0 aliphatic carbocycles. The van der Waals surface area contributed by atoms with E-state index in [1.165, 1.54) is 0 Å². The standard InChI is InChI=1S/C10H10NO/c1-8(12)10(11)7-9-5-3-2-4-6-9/h2-6,10H,7,11H2/t10-/m0/s1. The van der Waals surface area contributed by atoms with Crippen molar-refractivity contribution in [2.75, 3.05) is 0 Å². The van der Waals surface area contributed by atoms with E-state index in [1.807, 2.05) is 30.3 Å². The van der Waals surface area contributed by atoms with Gasteiger partial charge in [-0.25, -0.2) is 0 Å². The first-order valence-corrected chi connectivity index (χ1v) is 3.75. The Kier molecular flexibility index (Phi) is 3.00. The molecule has 0 aliphatic rings. The molecule has 12 heavy (non-hydrogen) atoms. The Balaban J connectivity index is 2.58. The molecule has 1 aromatic rings. The summed E-state index contributed by atoms with van der Waals surface area (Å²) in [7, 11) is 0. The zero-order valence-electron chi connectivity index (χ0n) is 6.66. The minimum absolute atomic E-state index is 0.448. The highest BCUT2D eigenvalue weighted by Crippen LogP contribution is 2.01. The monoisotopic (exact) mass is 160 g/mol. The van der Waals surface area contributed by atoms with E-state index in [9.17, 15) is 4.79 Å². The third-order valence-corrected chi connectivity index (χ3v) is 1.64. The van der Waals surface area contributed by atoms with Gasteiger partial charge in [0.25, 0.3) is 0 Å². The summed E-state index contributed by atoms with van der Waals surface area (Å²) in [6.07, 6.45) is 0.448. The SMILES string of the molecule is [C]C(=O)[C@@H](N)Cc1ccccc1. The summed E-state index contributed by atoms with van der Waals surface area (Å²) in [6.45, 7) is 6.77. The van der Waals surface area contributed by atoms with Crippen molar-refractivity contribution in [3.8, 4) is 0 Å². The lowest BCUT2D eigenvalue weighted by Gasteiger charge is -2.06. The van der Waals surface area contributed by atoms with Crippen molar-refractivity contribution in [1.29, 1.82) is 0 Å². The molecule has 0 heterocycles. The smallest absolute Gasteiger partial charge is 0.159 e. The van der Waals surface area contributed by atoms with Crippen LogP contribution in [-0.2, 0) is 11.2 Å². The number of Topliss-reactive ketones (excluding diaryl/α,β-unsaturated/α-hetero) is 1. The quantitative estimate of drug-likeness (QED) is 0.707. The van der Waals surface area contributed by atoms with Gasteiger partial charge in [-0.3, -0.25) is 4.79 Å². The van der Waals surface area contributed by atoms with Gasteiger partial charge in [0.15, 0.2) is 5.78 Å². The van der Waals surface area contributed by atoms with Crippen molar-refractivity contribution >= 4 is 5.78 Å². The molecule has 0 saturated carbocycles. The van der Waals surface area contributed by atoms with Gasteiger partial charge in [-0.05, 0) is 12.0 Å². The summed E-state index contributed by atoms with van der Waals surface area (Å²) in [5.74, 6) is -0.709. The molecule has 3 radical (unpaired) electrons. The fourth-order valence-electron chi connectivity index (χ4n) is 0.961. The van der Waals surface area contributed by atoms with Crippen LogP contribution in [0.3, 0.4) is 0 Å². The number of benzene rings is 1. The third-order valence-electron chi connectivity index (χ3n) is 1.64. The second kappa shape index (κ2) is 4.02. The fourth-order valence-corrected chi connectivity index (χ4v) is 0.961. The van der Waals surface area contributed by atoms with Crippen LogP contribution in [0.4, 0.5) is 0 Å². The molecule has 2 N–H and O–H groups in total. The lowest BCUT2D eigenvalue weighted by atomic mass is 10.0. The van der Waals surface area contributed by atoms with Gasteiger partial charge in [0.05, 0.1) is 13.0 Å². The van der Waals surface area contributed by atoms with Crippen molar-refractivity contribution in [3.05, 3.63) is 42.8 Å². The molecule has 0 bridgehead atoms. The maximum absolute atomic E-state index is 10.5. The van der Waals surface area contributed by atoms with Crippen LogP contribution in [-0.4, -0.2) is 11.8 Å². The van der Waals surface area contributed by atoms with E-state index >= 15 is 0 Å². The number of nitrogens with two attached hydrogens (primary N) is 1. The Hall–Kier alpha value is -1.15. The topological polar surface area (TPSA) is 43.1 Å². The Labute approximate surface area is 72.4 Å². The first-order chi connectivity index (χ1) is 5.70. The summed E-state index contributed by atoms with van der Waals surface area (Å²) in [5.41, 5.74) is 6.40. The summed E-state index contributed by atoms with van der Waals surface area (Å²) in [4.78, 5) is 10.5. The zero-order chi connectivity index (χ0) is 8.97. The Morgan fingerprint density at radius 2 is 2.00 bits per heavy atom. The van der Waals surface area contributed by atoms with Crippen LogP contribution in [0.15, 0.2) is 30.3 Å². The number of hydrogen-bond acceptors (Lipinski definition) is 2.